The van der Waals surface area contributed by atoms with E-state index in [1.165, 1.54) is 11.3 Å². The minimum Gasteiger partial charge on any atom is -0.378 e. The third-order valence-electron chi connectivity index (χ3n) is 3.40. The van der Waals surface area contributed by atoms with Gasteiger partial charge >= 0.3 is 0 Å². The molecule has 0 aliphatic carbocycles. The summed E-state index contributed by atoms with van der Waals surface area (Å²) in [7, 11) is 0. The molecule has 0 saturated carbocycles. The molecule has 0 bridgehead atoms. The molecule has 0 unspecified atom stereocenters. The zero-order valence-electron chi connectivity index (χ0n) is 11.4. The number of hydrogen-bond acceptors (Lipinski definition) is 3. The van der Waals surface area contributed by atoms with Crippen molar-refractivity contribution in [3.63, 3.8) is 0 Å². The van der Waals surface area contributed by atoms with Crippen LogP contribution in [0.1, 0.15) is 11.3 Å². The van der Waals surface area contributed by atoms with Crippen molar-refractivity contribution in [2.24, 2.45) is 0 Å². The van der Waals surface area contributed by atoms with Crippen molar-refractivity contribution >= 4 is 17.8 Å². The van der Waals surface area contributed by atoms with Crippen LogP contribution in [0.4, 0.5) is 5.69 Å². The van der Waals surface area contributed by atoms with Crippen LogP contribution in [0.25, 0.3) is 12.2 Å². The molecule has 102 valence electrons. The Kier molecular flexibility index (Phi) is 4.09. The number of benzene rings is 1. The number of aromatic nitrogens is 1. The van der Waals surface area contributed by atoms with E-state index in [4.69, 9.17) is 4.74 Å². The van der Waals surface area contributed by atoms with Gasteiger partial charge in [-0.1, -0.05) is 24.3 Å². The van der Waals surface area contributed by atoms with Crippen molar-refractivity contribution < 1.29 is 4.74 Å². The average Bonchev–Trinajstić information content (AvgIpc) is 2.55. The summed E-state index contributed by atoms with van der Waals surface area (Å²) in [5.74, 6) is 0. The maximum atomic E-state index is 5.37. The number of nitrogens with zero attached hydrogens (tertiary/aromatic N) is 2. The van der Waals surface area contributed by atoms with Crippen molar-refractivity contribution in [3.8, 4) is 0 Å². The Hall–Kier alpha value is -2.13. The molecule has 1 saturated heterocycles. The van der Waals surface area contributed by atoms with Gasteiger partial charge in [-0.2, -0.15) is 0 Å². The zero-order valence-corrected chi connectivity index (χ0v) is 11.4. The minimum absolute atomic E-state index is 0.821. The molecule has 1 fully saturated rings. The lowest BCUT2D eigenvalue weighted by Gasteiger charge is -2.28. The molecule has 0 radical (unpaired) electrons. The average molecular weight is 266 g/mol. The zero-order chi connectivity index (χ0) is 13.6. The molecule has 0 spiro atoms. The molecular weight excluding hydrogens is 248 g/mol. The first-order valence-electron chi connectivity index (χ1n) is 6.94. The SMILES string of the molecule is C(=C\c1ccccn1)/c1ccc(N2CCOCC2)cc1. The molecule has 3 heteroatoms. The molecule has 1 aromatic heterocycles. The first kappa shape index (κ1) is 12.9. The van der Waals surface area contributed by atoms with Crippen LogP contribution in [-0.2, 0) is 4.74 Å². The van der Waals surface area contributed by atoms with E-state index in [1.54, 1.807) is 6.20 Å². The molecule has 1 aliphatic rings. The molecule has 20 heavy (non-hydrogen) atoms. The van der Waals surface area contributed by atoms with Crippen LogP contribution in [0.2, 0.25) is 0 Å². The summed E-state index contributed by atoms with van der Waals surface area (Å²) < 4.78 is 5.37. The topological polar surface area (TPSA) is 25.4 Å². The van der Waals surface area contributed by atoms with Gasteiger partial charge in [-0.25, -0.2) is 0 Å². The molecule has 3 nitrogen and oxygen atoms in total. The highest BCUT2D eigenvalue weighted by molar-refractivity contribution is 5.69. The summed E-state index contributed by atoms with van der Waals surface area (Å²) in [4.78, 5) is 6.63. The number of rotatable bonds is 3. The third-order valence-corrected chi connectivity index (χ3v) is 3.40. The lowest BCUT2D eigenvalue weighted by atomic mass is 10.1. The van der Waals surface area contributed by atoms with Crippen LogP contribution in [0.5, 0.6) is 0 Å². The van der Waals surface area contributed by atoms with Crippen molar-refractivity contribution in [3.05, 3.63) is 59.9 Å². The maximum Gasteiger partial charge on any atom is 0.0642 e. The fourth-order valence-electron chi connectivity index (χ4n) is 2.27. The molecule has 1 aliphatic heterocycles. The van der Waals surface area contributed by atoms with Gasteiger partial charge < -0.3 is 9.64 Å². The van der Waals surface area contributed by atoms with E-state index >= 15 is 0 Å². The number of pyridine rings is 1. The van der Waals surface area contributed by atoms with Crippen LogP contribution >= 0.6 is 0 Å². The maximum absolute atomic E-state index is 5.37. The summed E-state index contributed by atoms with van der Waals surface area (Å²) in [5.41, 5.74) is 3.43. The van der Waals surface area contributed by atoms with Gasteiger partial charge in [0, 0.05) is 25.0 Å². The summed E-state index contributed by atoms with van der Waals surface area (Å²) in [6.45, 7) is 3.59. The quantitative estimate of drug-likeness (QED) is 0.853. The summed E-state index contributed by atoms with van der Waals surface area (Å²) >= 11 is 0. The molecule has 0 amide bonds. The Bertz CT molecular complexity index is 557. The Morgan fingerprint density at radius 1 is 0.950 bits per heavy atom. The fourth-order valence-corrected chi connectivity index (χ4v) is 2.27. The van der Waals surface area contributed by atoms with Gasteiger partial charge in [-0.15, -0.1) is 0 Å². The fraction of sp³-hybridized carbons (Fsp3) is 0.235. The van der Waals surface area contributed by atoms with Crippen LogP contribution in [0.15, 0.2) is 48.7 Å². The molecular formula is C17H18N2O. The van der Waals surface area contributed by atoms with Gasteiger partial charge in [-0.3, -0.25) is 4.98 Å². The summed E-state index contributed by atoms with van der Waals surface area (Å²) in [6, 6.07) is 14.5. The number of ether oxygens (including phenoxy) is 1. The molecule has 2 heterocycles. The highest BCUT2D eigenvalue weighted by Gasteiger charge is 2.10. The highest BCUT2D eigenvalue weighted by Crippen LogP contribution is 2.17. The van der Waals surface area contributed by atoms with E-state index in [0.29, 0.717) is 0 Å². The van der Waals surface area contributed by atoms with Gasteiger partial charge in [-0.05, 0) is 35.9 Å². The lowest BCUT2D eigenvalue weighted by molar-refractivity contribution is 0.122. The van der Waals surface area contributed by atoms with Crippen LogP contribution < -0.4 is 4.90 Å². The van der Waals surface area contributed by atoms with Crippen molar-refractivity contribution in [1.82, 2.24) is 4.98 Å². The van der Waals surface area contributed by atoms with E-state index in [9.17, 15) is 0 Å². The van der Waals surface area contributed by atoms with E-state index in [0.717, 1.165) is 32.0 Å². The first-order valence-corrected chi connectivity index (χ1v) is 6.94. The Morgan fingerprint density at radius 3 is 2.45 bits per heavy atom. The van der Waals surface area contributed by atoms with Gasteiger partial charge in [0.15, 0.2) is 0 Å². The number of hydrogen-bond donors (Lipinski definition) is 0. The number of morpholine rings is 1. The standard InChI is InChI=1S/C17H18N2O/c1-2-10-18-16(3-1)7-4-15-5-8-17(9-6-15)19-11-13-20-14-12-19/h1-10H,11-14H2/b7-4+. The normalized spacial score (nSPS) is 15.7. The molecule has 1 aromatic carbocycles. The van der Waals surface area contributed by atoms with Crippen LogP contribution in [0.3, 0.4) is 0 Å². The predicted molar refractivity (Wildman–Crippen MR) is 82.6 cm³/mol. The predicted octanol–water partition coefficient (Wildman–Crippen LogP) is 3.09. The summed E-state index contributed by atoms with van der Waals surface area (Å²) in [5, 5.41) is 0. The van der Waals surface area contributed by atoms with E-state index in [-0.39, 0.29) is 0 Å². The molecule has 0 N–H and O–H groups in total. The second kappa shape index (κ2) is 6.35. The monoisotopic (exact) mass is 266 g/mol. The second-order valence-corrected chi connectivity index (χ2v) is 4.78. The summed E-state index contributed by atoms with van der Waals surface area (Å²) in [6.07, 6.45) is 5.93. The van der Waals surface area contributed by atoms with Crippen molar-refractivity contribution in [2.75, 3.05) is 31.2 Å². The first-order chi connectivity index (χ1) is 9.92. The minimum atomic E-state index is 0.821. The lowest BCUT2D eigenvalue weighted by Crippen LogP contribution is -2.36. The van der Waals surface area contributed by atoms with Gasteiger partial charge in [0.2, 0.25) is 0 Å². The Labute approximate surface area is 119 Å². The van der Waals surface area contributed by atoms with Gasteiger partial charge in [0.05, 0.1) is 18.9 Å². The van der Waals surface area contributed by atoms with E-state index in [2.05, 4.69) is 40.2 Å². The molecule has 3 rings (SSSR count). The highest BCUT2D eigenvalue weighted by atomic mass is 16.5. The Morgan fingerprint density at radius 2 is 1.75 bits per heavy atom. The smallest absolute Gasteiger partial charge is 0.0642 e. The third kappa shape index (κ3) is 3.25. The van der Waals surface area contributed by atoms with Crippen LogP contribution in [0, 0.1) is 0 Å². The number of anilines is 1. The van der Waals surface area contributed by atoms with Crippen LogP contribution in [-0.4, -0.2) is 31.3 Å². The molecule has 2 aromatic rings. The largest absolute Gasteiger partial charge is 0.378 e. The van der Waals surface area contributed by atoms with Gasteiger partial charge in [0.1, 0.15) is 0 Å². The van der Waals surface area contributed by atoms with Gasteiger partial charge in [0.25, 0.3) is 0 Å². The van der Waals surface area contributed by atoms with E-state index in [1.807, 2.05) is 24.3 Å². The van der Waals surface area contributed by atoms with Crippen molar-refractivity contribution in [2.45, 2.75) is 0 Å². The Balaban J connectivity index is 1.68. The van der Waals surface area contributed by atoms with Crippen molar-refractivity contribution in [1.29, 1.82) is 0 Å². The molecule has 0 atom stereocenters. The van der Waals surface area contributed by atoms with E-state index < -0.39 is 0 Å². The second-order valence-electron chi connectivity index (χ2n) is 4.78.